The van der Waals surface area contributed by atoms with Gasteiger partial charge < -0.3 is 15.0 Å². The summed E-state index contributed by atoms with van der Waals surface area (Å²) in [6.45, 7) is 0.690. The van der Waals surface area contributed by atoms with E-state index in [2.05, 4.69) is 15.0 Å². The molecule has 3 rings (SSSR count). The number of sulfonamides is 1. The monoisotopic (exact) mass is 299 g/mol. The third kappa shape index (κ3) is 3.22. The van der Waals surface area contributed by atoms with Crippen molar-refractivity contribution in [2.75, 3.05) is 7.11 Å². The van der Waals surface area contributed by atoms with E-state index in [-0.39, 0.29) is 12.1 Å². The van der Waals surface area contributed by atoms with Crippen molar-refractivity contribution in [3.8, 4) is 0 Å². The second-order valence-corrected chi connectivity index (χ2v) is 7.38. The van der Waals surface area contributed by atoms with Gasteiger partial charge in [-0.2, -0.15) is 0 Å². The van der Waals surface area contributed by atoms with E-state index in [0.717, 1.165) is 18.5 Å². The van der Waals surface area contributed by atoms with Gasteiger partial charge in [0, 0.05) is 37.6 Å². The normalized spacial score (nSPS) is 26.4. The van der Waals surface area contributed by atoms with Crippen LogP contribution in [0.25, 0.3) is 0 Å². The third-order valence-corrected chi connectivity index (χ3v) is 5.44. The minimum atomic E-state index is -3.42. The van der Waals surface area contributed by atoms with Gasteiger partial charge in [0.05, 0.1) is 11.0 Å². The van der Waals surface area contributed by atoms with Gasteiger partial charge in [0.1, 0.15) is 0 Å². The topological polar surface area (TPSA) is 83.2 Å². The Kier molecular flexibility index (Phi) is 3.85. The SMILES string of the molecule is COC1CC(NS(=O)(=O)c2c[nH]c(CNC3CC3)c2)C1. The van der Waals surface area contributed by atoms with E-state index in [4.69, 9.17) is 4.74 Å². The van der Waals surface area contributed by atoms with Crippen molar-refractivity contribution < 1.29 is 13.2 Å². The van der Waals surface area contributed by atoms with E-state index in [1.54, 1.807) is 19.4 Å². The molecule has 6 nitrogen and oxygen atoms in total. The summed E-state index contributed by atoms with van der Waals surface area (Å²) in [5.41, 5.74) is 0.903. The molecule has 0 aromatic carbocycles. The number of aromatic nitrogens is 1. The van der Waals surface area contributed by atoms with Gasteiger partial charge in [-0.3, -0.25) is 0 Å². The molecule has 2 saturated carbocycles. The number of rotatable bonds is 7. The zero-order chi connectivity index (χ0) is 14.2. The smallest absolute Gasteiger partial charge is 0.242 e. The molecule has 0 spiro atoms. The van der Waals surface area contributed by atoms with Crippen LogP contribution in [0.3, 0.4) is 0 Å². The number of nitrogens with one attached hydrogen (secondary N) is 3. The molecule has 0 radical (unpaired) electrons. The van der Waals surface area contributed by atoms with Crippen molar-refractivity contribution in [2.45, 2.75) is 55.3 Å². The van der Waals surface area contributed by atoms with Crippen LogP contribution in [0.2, 0.25) is 0 Å². The van der Waals surface area contributed by atoms with Crippen LogP contribution < -0.4 is 10.0 Å². The molecule has 7 heteroatoms. The quantitative estimate of drug-likeness (QED) is 0.693. The highest BCUT2D eigenvalue weighted by Gasteiger charge is 2.33. The molecule has 0 atom stereocenters. The molecule has 1 aromatic rings. The first-order valence-electron chi connectivity index (χ1n) is 7.02. The van der Waals surface area contributed by atoms with E-state index >= 15 is 0 Å². The van der Waals surface area contributed by atoms with Gasteiger partial charge in [0.2, 0.25) is 10.0 Å². The summed E-state index contributed by atoms with van der Waals surface area (Å²) < 4.78 is 32.3. The van der Waals surface area contributed by atoms with Crippen molar-refractivity contribution in [1.82, 2.24) is 15.0 Å². The molecular formula is C13H21N3O3S. The Hall–Kier alpha value is -0.890. The van der Waals surface area contributed by atoms with Gasteiger partial charge in [0.15, 0.2) is 0 Å². The molecule has 0 unspecified atom stereocenters. The number of aromatic amines is 1. The molecule has 0 aliphatic heterocycles. The zero-order valence-corrected chi connectivity index (χ0v) is 12.4. The fourth-order valence-corrected chi connectivity index (χ4v) is 3.64. The maximum Gasteiger partial charge on any atom is 0.242 e. The summed E-state index contributed by atoms with van der Waals surface area (Å²) in [6.07, 6.45) is 5.67. The molecule has 0 saturated heterocycles. The lowest BCUT2D eigenvalue weighted by atomic mass is 9.90. The van der Waals surface area contributed by atoms with Crippen LogP contribution in [-0.2, 0) is 21.3 Å². The maximum absolute atomic E-state index is 12.2. The van der Waals surface area contributed by atoms with E-state index in [1.165, 1.54) is 12.8 Å². The van der Waals surface area contributed by atoms with Gasteiger partial charge in [-0.05, 0) is 31.7 Å². The molecule has 1 aromatic heterocycles. The molecule has 112 valence electrons. The standard InChI is InChI=1S/C13H21N3O3S/c1-19-12-4-10(5-12)16-20(17,18)13-6-11(15-8-13)7-14-9-2-3-9/h6,8-10,12,14-16H,2-5,7H2,1H3. The first kappa shape index (κ1) is 14.1. The minimum Gasteiger partial charge on any atom is -0.381 e. The van der Waals surface area contributed by atoms with Crippen LogP contribution in [0.15, 0.2) is 17.2 Å². The van der Waals surface area contributed by atoms with Crippen LogP contribution in [0, 0.1) is 0 Å². The van der Waals surface area contributed by atoms with Crippen molar-refractivity contribution in [2.24, 2.45) is 0 Å². The predicted octanol–water partition coefficient (Wildman–Crippen LogP) is 0.722. The van der Waals surface area contributed by atoms with Gasteiger partial charge in [-0.15, -0.1) is 0 Å². The van der Waals surface area contributed by atoms with E-state index < -0.39 is 10.0 Å². The molecule has 1 heterocycles. The Morgan fingerprint density at radius 2 is 2.10 bits per heavy atom. The average molecular weight is 299 g/mol. The highest BCUT2D eigenvalue weighted by Crippen LogP contribution is 2.25. The third-order valence-electron chi connectivity index (χ3n) is 3.94. The summed E-state index contributed by atoms with van der Waals surface area (Å²) in [5.74, 6) is 0. The Morgan fingerprint density at radius 3 is 2.75 bits per heavy atom. The Morgan fingerprint density at radius 1 is 1.35 bits per heavy atom. The first-order chi connectivity index (χ1) is 9.56. The largest absolute Gasteiger partial charge is 0.381 e. The minimum absolute atomic E-state index is 0.00658. The van der Waals surface area contributed by atoms with Crippen molar-refractivity contribution in [1.29, 1.82) is 0 Å². The summed E-state index contributed by atoms with van der Waals surface area (Å²) >= 11 is 0. The lowest BCUT2D eigenvalue weighted by molar-refractivity contribution is 0.0236. The molecule has 0 bridgehead atoms. The van der Waals surface area contributed by atoms with E-state index in [9.17, 15) is 8.42 Å². The van der Waals surface area contributed by atoms with E-state index in [0.29, 0.717) is 17.5 Å². The summed E-state index contributed by atoms with van der Waals surface area (Å²) in [6, 6.07) is 2.30. The number of ether oxygens (including phenoxy) is 1. The predicted molar refractivity (Wildman–Crippen MR) is 74.8 cm³/mol. The molecular weight excluding hydrogens is 278 g/mol. The molecule has 2 aliphatic rings. The highest BCUT2D eigenvalue weighted by molar-refractivity contribution is 7.89. The van der Waals surface area contributed by atoms with Crippen LogP contribution >= 0.6 is 0 Å². The number of H-pyrrole nitrogens is 1. The Labute approximate surface area is 119 Å². The lowest BCUT2D eigenvalue weighted by Gasteiger charge is -2.34. The molecule has 2 fully saturated rings. The lowest BCUT2D eigenvalue weighted by Crippen LogP contribution is -2.47. The highest BCUT2D eigenvalue weighted by atomic mass is 32.2. The first-order valence-corrected chi connectivity index (χ1v) is 8.51. The summed E-state index contributed by atoms with van der Waals surface area (Å²) in [7, 11) is -1.77. The van der Waals surface area contributed by atoms with Gasteiger partial charge in [-0.25, -0.2) is 13.1 Å². The van der Waals surface area contributed by atoms with Gasteiger partial charge in [0.25, 0.3) is 0 Å². The van der Waals surface area contributed by atoms with Crippen LogP contribution in [-0.4, -0.2) is 38.7 Å². The van der Waals surface area contributed by atoms with Crippen molar-refractivity contribution in [3.63, 3.8) is 0 Å². The summed E-state index contributed by atoms with van der Waals surface area (Å²) in [4.78, 5) is 3.33. The maximum atomic E-state index is 12.2. The van der Waals surface area contributed by atoms with Crippen LogP contribution in [0.1, 0.15) is 31.4 Å². The van der Waals surface area contributed by atoms with Crippen LogP contribution in [0.4, 0.5) is 0 Å². The fourth-order valence-electron chi connectivity index (χ4n) is 2.36. The second kappa shape index (κ2) is 5.48. The Balaban J connectivity index is 1.56. The molecule has 20 heavy (non-hydrogen) atoms. The second-order valence-electron chi connectivity index (χ2n) is 5.66. The fraction of sp³-hybridized carbons (Fsp3) is 0.692. The molecule has 3 N–H and O–H groups in total. The van der Waals surface area contributed by atoms with Gasteiger partial charge in [-0.1, -0.05) is 0 Å². The number of hydrogen-bond donors (Lipinski definition) is 3. The molecule has 2 aliphatic carbocycles. The van der Waals surface area contributed by atoms with Crippen molar-refractivity contribution >= 4 is 10.0 Å². The average Bonchev–Trinajstić information content (AvgIpc) is 3.07. The van der Waals surface area contributed by atoms with E-state index in [1.807, 2.05) is 0 Å². The van der Waals surface area contributed by atoms with Gasteiger partial charge >= 0.3 is 0 Å². The summed E-state index contributed by atoms with van der Waals surface area (Å²) in [5, 5.41) is 3.35. The number of methoxy groups -OCH3 is 1. The Bertz CT molecular complexity index is 559. The van der Waals surface area contributed by atoms with Crippen molar-refractivity contribution in [3.05, 3.63) is 18.0 Å². The molecule has 0 amide bonds. The number of hydrogen-bond acceptors (Lipinski definition) is 4. The van der Waals surface area contributed by atoms with Crippen LogP contribution in [0.5, 0.6) is 0 Å². The zero-order valence-electron chi connectivity index (χ0n) is 11.6.